The molecular formula is C21H25NO5S. The van der Waals surface area contributed by atoms with E-state index in [1.807, 2.05) is 30.9 Å². The van der Waals surface area contributed by atoms with Crippen molar-refractivity contribution in [1.29, 1.82) is 0 Å². The molecule has 0 saturated heterocycles. The summed E-state index contributed by atoms with van der Waals surface area (Å²) < 4.78 is 28.9. The number of nitrogens with zero attached hydrogens (tertiary/aromatic N) is 1. The summed E-state index contributed by atoms with van der Waals surface area (Å²) in [6.07, 6.45) is 7.91. The highest BCUT2D eigenvalue weighted by atomic mass is 32.2. The van der Waals surface area contributed by atoms with Gasteiger partial charge in [0.25, 0.3) is 0 Å². The highest BCUT2D eigenvalue weighted by Gasteiger charge is 2.33. The molecule has 0 radical (unpaired) electrons. The predicted octanol–water partition coefficient (Wildman–Crippen LogP) is 2.76. The maximum absolute atomic E-state index is 13.0. The van der Waals surface area contributed by atoms with Crippen molar-refractivity contribution >= 4 is 21.6 Å². The number of ether oxygens (including phenoxy) is 1. The number of hydrogen-bond acceptors (Lipinski definition) is 6. The zero-order valence-corrected chi connectivity index (χ0v) is 17.1. The SMILES string of the molecule is CC(C)OC(=O)C1C=C2C=CC(C(=O)c3cccc(S(C)(=O)=O)c3)N2CCC1. The molecule has 0 aromatic heterocycles. The van der Waals surface area contributed by atoms with Crippen LogP contribution in [0.15, 0.2) is 53.1 Å². The molecule has 3 rings (SSSR count). The van der Waals surface area contributed by atoms with Crippen LogP contribution in [-0.4, -0.2) is 50.0 Å². The Bertz CT molecular complexity index is 945. The van der Waals surface area contributed by atoms with Gasteiger partial charge < -0.3 is 9.64 Å². The number of esters is 1. The van der Waals surface area contributed by atoms with E-state index in [1.165, 1.54) is 12.1 Å². The van der Waals surface area contributed by atoms with Crippen LogP contribution in [0.25, 0.3) is 0 Å². The topological polar surface area (TPSA) is 80.8 Å². The Balaban J connectivity index is 1.82. The van der Waals surface area contributed by atoms with Gasteiger partial charge in [0.15, 0.2) is 15.6 Å². The highest BCUT2D eigenvalue weighted by molar-refractivity contribution is 7.90. The molecule has 0 spiro atoms. The summed E-state index contributed by atoms with van der Waals surface area (Å²) in [6.45, 7) is 4.29. The monoisotopic (exact) mass is 403 g/mol. The van der Waals surface area contributed by atoms with Gasteiger partial charge in [-0.25, -0.2) is 8.42 Å². The Morgan fingerprint density at radius 3 is 2.68 bits per heavy atom. The number of carbonyl (C=O) groups is 2. The second kappa shape index (κ2) is 7.91. The van der Waals surface area contributed by atoms with Crippen LogP contribution in [-0.2, 0) is 19.4 Å². The Hall–Kier alpha value is -2.41. The second-order valence-electron chi connectivity index (χ2n) is 7.49. The van der Waals surface area contributed by atoms with Crippen LogP contribution in [0.3, 0.4) is 0 Å². The second-order valence-corrected chi connectivity index (χ2v) is 9.50. The van der Waals surface area contributed by atoms with Gasteiger partial charge in [0.1, 0.15) is 6.04 Å². The third-order valence-electron chi connectivity index (χ3n) is 4.87. The van der Waals surface area contributed by atoms with Gasteiger partial charge in [-0.05, 0) is 51.0 Å². The minimum Gasteiger partial charge on any atom is -0.463 e. The fourth-order valence-corrected chi connectivity index (χ4v) is 4.19. The van der Waals surface area contributed by atoms with Crippen LogP contribution in [0, 0.1) is 5.92 Å². The number of allylic oxidation sites excluding steroid dienone is 1. The molecule has 0 fully saturated rings. The molecular weight excluding hydrogens is 378 g/mol. The standard InChI is InChI=1S/C21H25NO5S/c1-14(2)27-21(24)16-7-5-11-22-17(12-16)9-10-19(22)20(23)15-6-4-8-18(13-15)28(3,25)26/h4,6,8-10,12-14,16,19H,5,7,11H2,1-3H3. The van der Waals surface area contributed by atoms with E-state index in [2.05, 4.69) is 0 Å². The lowest BCUT2D eigenvalue weighted by molar-refractivity contribution is -0.150. The van der Waals surface area contributed by atoms with Crippen molar-refractivity contribution in [3.8, 4) is 0 Å². The first-order chi connectivity index (χ1) is 13.2. The smallest absolute Gasteiger partial charge is 0.313 e. The number of sulfone groups is 1. The van der Waals surface area contributed by atoms with Crippen molar-refractivity contribution in [2.24, 2.45) is 5.92 Å². The van der Waals surface area contributed by atoms with Gasteiger partial charge in [0, 0.05) is 24.1 Å². The molecule has 6 nitrogen and oxygen atoms in total. The van der Waals surface area contributed by atoms with Crippen molar-refractivity contribution in [3.63, 3.8) is 0 Å². The van der Waals surface area contributed by atoms with E-state index in [0.717, 1.165) is 18.4 Å². The number of benzene rings is 1. The van der Waals surface area contributed by atoms with Crippen LogP contribution in [0.4, 0.5) is 0 Å². The lowest BCUT2D eigenvalue weighted by atomic mass is 10.0. The summed E-state index contributed by atoms with van der Waals surface area (Å²) in [7, 11) is -3.39. The number of Topliss-reactive ketones (excluding diaryl/α,β-unsaturated/α-hetero) is 1. The molecule has 28 heavy (non-hydrogen) atoms. The first kappa shape index (κ1) is 20.3. The van der Waals surface area contributed by atoms with Crippen LogP contribution in [0.2, 0.25) is 0 Å². The molecule has 0 amide bonds. The third-order valence-corrected chi connectivity index (χ3v) is 5.98. The molecule has 0 saturated carbocycles. The van der Waals surface area contributed by atoms with Gasteiger partial charge in [-0.15, -0.1) is 0 Å². The third kappa shape index (κ3) is 4.35. The molecule has 2 unspecified atom stereocenters. The first-order valence-corrected chi connectivity index (χ1v) is 11.3. The van der Waals surface area contributed by atoms with Crippen LogP contribution < -0.4 is 0 Å². The Morgan fingerprint density at radius 1 is 1.25 bits per heavy atom. The van der Waals surface area contributed by atoms with E-state index in [9.17, 15) is 18.0 Å². The minimum atomic E-state index is -3.39. The van der Waals surface area contributed by atoms with Crippen molar-refractivity contribution in [1.82, 2.24) is 4.90 Å². The van der Waals surface area contributed by atoms with Crippen molar-refractivity contribution in [3.05, 3.63) is 53.8 Å². The molecule has 0 bridgehead atoms. The molecule has 1 aromatic rings. The van der Waals surface area contributed by atoms with Gasteiger partial charge in [-0.2, -0.15) is 0 Å². The number of fused-ring (bicyclic) bond motifs is 1. The molecule has 0 N–H and O–H groups in total. The summed E-state index contributed by atoms with van der Waals surface area (Å²) in [4.78, 5) is 27.4. The summed E-state index contributed by atoms with van der Waals surface area (Å²) in [5, 5.41) is 0. The molecule has 1 aromatic carbocycles. The number of ketones is 1. The zero-order valence-electron chi connectivity index (χ0n) is 16.3. The summed E-state index contributed by atoms with van der Waals surface area (Å²) in [5.41, 5.74) is 1.19. The number of carbonyl (C=O) groups excluding carboxylic acids is 2. The number of rotatable bonds is 5. The average molecular weight is 404 g/mol. The predicted molar refractivity (Wildman–Crippen MR) is 106 cm³/mol. The van der Waals surface area contributed by atoms with E-state index >= 15 is 0 Å². The maximum Gasteiger partial charge on any atom is 0.313 e. The maximum atomic E-state index is 13.0. The van der Waals surface area contributed by atoms with Gasteiger partial charge in [-0.3, -0.25) is 9.59 Å². The van der Waals surface area contributed by atoms with Crippen LogP contribution in [0.1, 0.15) is 37.0 Å². The number of hydrogen-bond donors (Lipinski definition) is 0. The van der Waals surface area contributed by atoms with E-state index in [1.54, 1.807) is 18.2 Å². The molecule has 150 valence electrons. The van der Waals surface area contributed by atoms with Crippen molar-refractivity contribution in [2.75, 3.05) is 12.8 Å². The largest absolute Gasteiger partial charge is 0.463 e. The normalized spacial score (nSPS) is 21.9. The van der Waals surface area contributed by atoms with Gasteiger partial charge in [-0.1, -0.05) is 18.2 Å². The summed E-state index contributed by atoms with van der Waals surface area (Å²) >= 11 is 0. The van der Waals surface area contributed by atoms with Crippen molar-refractivity contribution in [2.45, 2.75) is 43.7 Å². The highest BCUT2D eigenvalue weighted by Crippen LogP contribution is 2.30. The summed E-state index contributed by atoms with van der Waals surface area (Å²) in [6, 6.07) is 5.63. The van der Waals surface area contributed by atoms with Gasteiger partial charge in [0.2, 0.25) is 0 Å². The minimum absolute atomic E-state index is 0.128. The molecule has 0 aliphatic carbocycles. The van der Waals surface area contributed by atoms with Crippen molar-refractivity contribution < 1.29 is 22.7 Å². The van der Waals surface area contributed by atoms with E-state index in [-0.39, 0.29) is 28.7 Å². The first-order valence-electron chi connectivity index (χ1n) is 9.38. The van der Waals surface area contributed by atoms with E-state index < -0.39 is 15.9 Å². The lowest BCUT2D eigenvalue weighted by Crippen LogP contribution is -2.36. The van der Waals surface area contributed by atoms with Crippen LogP contribution in [0.5, 0.6) is 0 Å². The van der Waals surface area contributed by atoms with E-state index in [0.29, 0.717) is 18.5 Å². The average Bonchev–Trinajstić information content (AvgIpc) is 2.89. The zero-order chi connectivity index (χ0) is 20.5. The summed E-state index contributed by atoms with van der Waals surface area (Å²) in [5.74, 6) is -0.726. The molecule has 2 aliphatic heterocycles. The van der Waals surface area contributed by atoms with Gasteiger partial charge in [0.05, 0.1) is 16.9 Å². The Kier molecular flexibility index (Phi) is 5.74. The molecule has 2 heterocycles. The molecule has 2 atom stereocenters. The fraction of sp³-hybridized carbons (Fsp3) is 0.429. The molecule has 7 heteroatoms. The Labute approximate surface area is 165 Å². The quantitative estimate of drug-likeness (QED) is 0.556. The van der Waals surface area contributed by atoms with Crippen LogP contribution >= 0.6 is 0 Å². The van der Waals surface area contributed by atoms with Gasteiger partial charge >= 0.3 is 5.97 Å². The molecule has 2 aliphatic rings. The Morgan fingerprint density at radius 2 is 2.00 bits per heavy atom. The van der Waals surface area contributed by atoms with E-state index in [4.69, 9.17) is 4.74 Å². The lowest BCUT2D eigenvalue weighted by Gasteiger charge is -2.26. The fourth-order valence-electron chi connectivity index (χ4n) is 3.53.